The maximum absolute atomic E-state index is 12.2. The van der Waals surface area contributed by atoms with Gasteiger partial charge < -0.3 is 11.1 Å². The number of anilines is 1. The van der Waals surface area contributed by atoms with Crippen molar-refractivity contribution in [3.63, 3.8) is 0 Å². The van der Waals surface area contributed by atoms with E-state index in [1.165, 1.54) is 11.3 Å². The fourth-order valence-corrected chi connectivity index (χ4v) is 3.29. The van der Waals surface area contributed by atoms with Crippen LogP contribution in [0.1, 0.15) is 41.2 Å². The average Bonchev–Trinajstić information content (AvgIpc) is 2.83. The van der Waals surface area contributed by atoms with Gasteiger partial charge in [0.15, 0.2) is 0 Å². The van der Waals surface area contributed by atoms with E-state index in [4.69, 9.17) is 5.73 Å². The number of rotatable bonds is 6. The van der Waals surface area contributed by atoms with Gasteiger partial charge in [-0.15, -0.1) is 23.0 Å². The highest BCUT2D eigenvalue weighted by Crippen LogP contribution is 2.35. The molecule has 0 bridgehead atoms. The largest absolute Gasteiger partial charge is 0.397 e. The molecule has 0 saturated heterocycles. The van der Waals surface area contributed by atoms with Crippen molar-refractivity contribution in [2.24, 2.45) is 0 Å². The van der Waals surface area contributed by atoms with Crippen LogP contribution in [0.15, 0.2) is 12.7 Å². The number of nitrogens with one attached hydrogen (secondary N) is 1. The number of aromatic nitrogens is 2. The normalized spacial score (nSPS) is 10.8. The van der Waals surface area contributed by atoms with E-state index in [0.29, 0.717) is 17.1 Å². The number of hydrogen-bond acceptors (Lipinski definition) is 5. The molecule has 0 aliphatic carbocycles. The average molecular weight is 304 g/mol. The first-order valence-corrected chi connectivity index (χ1v) is 7.91. The van der Waals surface area contributed by atoms with Crippen molar-refractivity contribution in [3.8, 4) is 0 Å². The first-order valence-electron chi connectivity index (χ1n) is 7.09. The maximum atomic E-state index is 12.2. The zero-order chi connectivity index (χ0) is 15.4. The highest BCUT2D eigenvalue weighted by Gasteiger charge is 2.20. The second-order valence-electron chi connectivity index (χ2n) is 4.69. The molecule has 0 aliphatic heterocycles. The van der Waals surface area contributed by atoms with E-state index in [-0.39, 0.29) is 5.91 Å². The van der Waals surface area contributed by atoms with Crippen LogP contribution in [0.2, 0.25) is 0 Å². The molecule has 2 aromatic rings. The van der Waals surface area contributed by atoms with Crippen LogP contribution in [-0.4, -0.2) is 22.6 Å². The number of nitrogen functional groups attached to an aromatic ring is 1. The van der Waals surface area contributed by atoms with Crippen LogP contribution in [0.25, 0.3) is 10.2 Å². The number of nitrogens with two attached hydrogens (primary N) is 1. The molecule has 2 heterocycles. The van der Waals surface area contributed by atoms with Crippen molar-refractivity contribution in [3.05, 3.63) is 28.8 Å². The number of thiophene rings is 1. The quantitative estimate of drug-likeness (QED) is 0.635. The lowest BCUT2D eigenvalue weighted by Crippen LogP contribution is -2.23. The summed E-state index contributed by atoms with van der Waals surface area (Å²) in [6.45, 7) is 8.30. The van der Waals surface area contributed by atoms with Crippen molar-refractivity contribution >= 4 is 33.1 Å². The molecule has 0 aliphatic rings. The molecule has 0 spiro atoms. The Kier molecular flexibility index (Phi) is 4.90. The predicted octanol–water partition coefficient (Wildman–Crippen LogP) is 2.70. The number of fused-ring (bicyclic) bond motifs is 1. The van der Waals surface area contributed by atoms with Crippen LogP contribution < -0.4 is 11.1 Å². The van der Waals surface area contributed by atoms with E-state index in [0.717, 1.165) is 40.7 Å². The molecule has 6 heteroatoms. The summed E-state index contributed by atoms with van der Waals surface area (Å²) >= 11 is 1.30. The third-order valence-electron chi connectivity index (χ3n) is 3.37. The molecule has 0 fully saturated rings. The van der Waals surface area contributed by atoms with Gasteiger partial charge in [-0.05, 0) is 24.8 Å². The SMILES string of the molecule is C=CCCNC(=O)c1sc2nnc(CC)c(CC)c2c1N. The minimum atomic E-state index is -0.155. The second-order valence-corrected chi connectivity index (χ2v) is 5.69. The summed E-state index contributed by atoms with van der Waals surface area (Å²) in [6, 6.07) is 0. The lowest BCUT2D eigenvalue weighted by molar-refractivity contribution is 0.0959. The van der Waals surface area contributed by atoms with Crippen LogP contribution in [-0.2, 0) is 12.8 Å². The number of carbonyl (C=O) groups excluding carboxylic acids is 1. The van der Waals surface area contributed by atoms with Gasteiger partial charge in [-0.25, -0.2) is 0 Å². The van der Waals surface area contributed by atoms with Gasteiger partial charge >= 0.3 is 0 Å². The Bertz CT molecular complexity index is 678. The summed E-state index contributed by atoms with van der Waals surface area (Å²) in [5.74, 6) is -0.155. The number of carbonyl (C=O) groups is 1. The molecule has 5 nitrogen and oxygen atoms in total. The molecule has 0 atom stereocenters. The fourth-order valence-electron chi connectivity index (χ4n) is 2.31. The summed E-state index contributed by atoms with van der Waals surface area (Å²) in [4.78, 5) is 13.5. The molecule has 0 saturated carbocycles. The molecule has 2 aromatic heterocycles. The summed E-state index contributed by atoms with van der Waals surface area (Å²) in [6.07, 6.45) is 4.13. The van der Waals surface area contributed by atoms with E-state index in [1.54, 1.807) is 6.08 Å². The molecule has 0 radical (unpaired) electrons. The second kappa shape index (κ2) is 6.67. The van der Waals surface area contributed by atoms with Crippen molar-refractivity contribution in [2.75, 3.05) is 12.3 Å². The van der Waals surface area contributed by atoms with E-state index in [1.807, 2.05) is 6.92 Å². The molecule has 112 valence electrons. The molecule has 3 N–H and O–H groups in total. The monoisotopic (exact) mass is 304 g/mol. The summed E-state index contributed by atoms with van der Waals surface area (Å²) < 4.78 is 0. The van der Waals surface area contributed by atoms with Gasteiger partial charge in [0, 0.05) is 11.9 Å². The molecule has 1 amide bonds. The minimum Gasteiger partial charge on any atom is -0.397 e. The fraction of sp³-hybridized carbons (Fsp3) is 0.400. The molecule has 21 heavy (non-hydrogen) atoms. The van der Waals surface area contributed by atoms with Crippen LogP contribution in [0.5, 0.6) is 0 Å². The topological polar surface area (TPSA) is 80.9 Å². The summed E-state index contributed by atoms with van der Waals surface area (Å²) in [7, 11) is 0. The van der Waals surface area contributed by atoms with E-state index in [9.17, 15) is 4.79 Å². The van der Waals surface area contributed by atoms with Crippen LogP contribution in [0.4, 0.5) is 5.69 Å². The number of hydrogen-bond donors (Lipinski definition) is 2. The zero-order valence-corrected chi connectivity index (χ0v) is 13.2. The standard InChI is InChI=1S/C15H20N4OS/c1-4-7-8-17-14(20)13-12(16)11-9(5-2)10(6-3)18-19-15(11)21-13/h4H,1,5-8,16H2,2-3H3,(H,17,20). The number of amides is 1. The molecule has 0 unspecified atom stereocenters. The molecule has 2 rings (SSSR count). The van der Waals surface area contributed by atoms with Gasteiger partial charge in [-0.2, -0.15) is 5.10 Å². The highest BCUT2D eigenvalue weighted by molar-refractivity contribution is 7.21. The Morgan fingerprint density at radius 1 is 1.38 bits per heavy atom. The van der Waals surface area contributed by atoms with E-state index < -0.39 is 0 Å². The summed E-state index contributed by atoms with van der Waals surface area (Å²) in [5.41, 5.74) is 8.78. The van der Waals surface area contributed by atoms with Crippen molar-refractivity contribution in [1.82, 2.24) is 15.5 Å². The van der Waals surface area contributed by atoms with Crippen LogP contribution in [0, 0.1) is 0 Å². The Hall–Kier alpha value is -1.95. The number of aryl methyl sites for hydroxylation is 2. The molecule has 0 aromatic carbocycles. The summed E-state index contributed by atoms with van der Waals surface area (Å²) in [5, 5.41) is 12.2. The van der Waals surface area contributed by atoms with Gasteiger partial charge in [0.1, 0.15) is 9.71 Å². The Balaban J connectivity index is 2.46. The predicted molar refractivity (Wildman–Crippen MR) is 87.7 cm³/mol. The highest BCUT2D eigenvalue weighted by atomic mass is 32.1. The minimum absolute atomic E-state index is 0.155. The van der Waals surface area contributed by atoms with E-state index >= 15 is 0 Å². The van der Waals surface area contributed by atoms with Gasteiger partial charge in [0.25, 0.3) is 5.91 Å². The molecular weight excluding hydrogens is 284 g/mol. The smallest absolute Gasteiger partial charge is 0.263 e. The van der Waals surface area contributed by atoms with Crippen molar-refractivity contribution < 1.29 is 4.79 Å². The third-order valence-corrected chi connectivity index (χ3v) is 4.46. The first-order chi connectivity index (χ1) is 10.1. The van der Waals surface area contributed by atoms with E-state index in [2.05, 4.69) is 29.0 Å². The van der Waals surface area contributed by atoms with Crippen LogP contribution >= 0.6 is 11.3 Å². The van der Waals surface area contributed by atoms with Gasteiger partial charge in [0.2, 0.25) is 0 Å². The van der Waals surface area contributed by atoms with Crippen molar-refractivity contribution in [2.45, 2.75) is 33.1 Å². The Morgan fingerprint density at radius 2 is 2.14 bits per heavy atom. The van der Waals surface area contributed by atoms with Crippen molar-refractivity contribution in [1.29, 1.82) is 0 Å². The van der Waals surface area contributed by atoms with Gasteiger partial charge in [0.05, 0.1) is 11.4 Å². The van der Waals surface area contributed by atoms with Crippen LogP contribution in [0.3, 0.4) is 0 Å². The van der Waals surface area contributed by atoms with Gasteiger partial charge in [-0.3, -0.25) is 4.79 Å². The number of nitrogens with zero attached hydrogens (tertiary/aromatic N) is 2. The molecular formula is C15H20N4OS. The third kappa shape index (κ3) is 2.90. The lowest BCUT2D eigenvalue weighted by Gasteiger charge is -2.06. The van der Waals surface area contributed by atoms with Gasteiger partial charge in [-0.1, -0.05) is 19.9 Å². The Labute approximate surface area is 128 Å². The first kappa shape index (κ1) is 15.4. The Morgan fingerprint density at radius 3 is 2.76 bits per heavy atom. The lowest BCUT2D eigenvalue weighted by atomic mass is 10.1. The zero-order valence-electron chi connectivity index (χ0n) is 12.4. The maximum Gasteiger partial charge on any atom is 0.263 e.